The molecule has 0 unspecified atom stereocenters. The van der Waals surface area contributed by atoms with Crippen LogP contribution in [0.5, 0.6) is 0 Å². The van der Waals surface area contributed by atoms with E-state index in [4.69, 9.17) is 0 Å². The summed E-state index contributed by atoms with van der Waals surface area (Å²) in [5.41, 5.74) is 6.86. The van der Waals surface area contributed by atoms with Crippen molar-refractivity contribution >= 4 is 5.69 Å². The van der Waals surface area contributed by atoms with Gasteiger partial charge in [0, 0.05) is 11.4 Å². The number of anilines is 1. The Kier molecular flexibility index (Phi) is 2.57. The molecule has 2 rings (SSSR count). The third-order valence-corrected chi connectivity index (χ3v) is 3.27. The Morgan fingerprint density at radius 3 is 2.50 bits per heavy atom. The minimum atomic E-state index is 0.208. The van der Waals surface area contributed by atoms with E-state index >= 15 is 0 Å². The molecule has 86 valence electrons. The molecular formula is C15H21N. The number of fused-ring (bicyclic) bond motifs is 1. The van der Waals surface area contributed by atoms with E-state index in [9.17, 15) is 0 Å². The van der Waals surface area contributed by atoms with E-state index in [1.54, 1.807) is 0 Å². The van der Waals surface area contributed by atoms with E-state index < -0.39 is 0 Å². The normalized spacial score (nSPS) is 15.6. The Balaban J connectivity index is 2.51. The van der Waals surface area contributed by atoms with E-state index in [2.05, 4.69) is 51.7 Å². The van der Waals surface area contributed by atoms with Gasteiger partial charge in [-0.2, -0.15) is 0 Å². The van der Waals surface area contributed by atoms with Gasteiger partial charge in [0.05, 0.1) is 0 Å². The number of allylic oxidation sites excluding steroid dienone is 1. The molecule has 0 spiro atoms. The quantitative estimate of drug-likeness (QED) is 0.685. The van der Waals surface area contributed by atoms with Gasteiger partial charge in [0.1, 0.15) is 0 Å². The molecule has 16 heavy (non-hydrogen) atoms. The van der Waals surface area contributed by atoms with E-state index in [0.29, 0.717) is 0 Å². The fourth-order valence-electron chi connectivity index (χ4n) is 2.44. The maximum absolute atomic E-state index is 4.02. The van der Waals surface area contributed by atoms with E-state index in [1.807, 2.05) is 0 Å². The molecule has 0 saturated carbocycles. The summed E-state index contributed by atoms with van der Waals surface area (Å²) in [5.74, 6) is 0. The lowest BCUT2D eigenvalue weighted by molar-refractivity contribution is 0.586. The fourth-order valence-corrected chi connectivity index (χ4v) is 2.44. The van der Waals surface area contributed by atoms with Gasteiger partial charge >= 0.3 is 0 Å². The molecule has 0 amide bonds. The number of hydrogen-bond acceptors (Lipinski definition) is 1. The van der Waals surface area contributed by atoms with Crippen LogP contribution >= 0.6 is 0 Å². The minimum absolute atomic E-state index is 0.208. The average molecular weight is 215 g/mol. The van der Waals surface area contributed by atoms with Gasteiger partial charge < -0.3 is 5.32 Å². The molecule has 0 radical (unpaired) electrons. The summed E-state index contributed by atoms with van der Waals surface area (Å²) >= 11 is 0. The molecular weight excluding hydrogens is 194 g/mol. The smallest absolute Gasteiger partial charge is 0.0417 e. The van der Waals surface area contributed by atoms with Crippen molar-refractivity contribution in [2.45, 2.75) is 46.0 Å². The number of aryl methyl sites for hydroxylation is 2. The van der Waals surface area contributed by atoms with Gasteiger partial charge in [-0.3, -0.25) is 0 Å². The van der Waals surface area contributed by atoms with Crippen LogP contribution in [-0.2, 0) is 11.8 Å². The highest BCUT2D eigenvalue weighted by Gasteiger charge is 2.20. The van der Waals surface area contributed by atoms with Crippen LogP contribution in [0.2, 0.25) is 0 Å². The Bertz CT molecular complexity index is 435. The molecule has 1 aliphatic rings. The lowest BCUT2D eigenvalue weighted by Gasteiger charge is -2.27. The largest absolute Gasteiger partial charge is 0.359 e. The van der Waals surface area contributed by atoms with Gasteiger partial charge in [-0.25, -0.2) is 0 Å². The van der Waals surface area contributed by atoms with Gasteiger partial charge in [-0.05, 0) is 47.9 Å². The van der Waals surface area contributed by atoms with Crippen LogP contribution in [0.25, 0.3) is 0 Å². The molecule has 1 aromatic rings. The maximum Gasteiger partial charge on any atom is 0.0417 e. The second kappa shape index (κ2) is 3.65. The zero-order valence-electron chi connectivity index (χ0n) is 10.8. The van der Waals surface area contributed by atoms with Crippen molar-refractivity contribution in [2.24, 2.45) is 0 Å². The SMILES string of the molecule is C=C1CCc2cc(C)c(C(C)(C)C)cc2N1. The zero-order chi connectivity index (χ0) is 11.9. The van der Waals surface area contributed by atoms with E-state index in [0.717, 1.165) is 18.5 Å². The molecule has 0 aliphatic carbocycles. The third kappa shape index (κ3) is 1.99. The molecule has 0 aromatic heterocycles. The highest BCUT2D eigenvalue weighted by molar-refractivity contribution is 5.61. The summed E-state index contributed by atoms with van der Waals surface area (Å²) in [4.78, 5) is 0. The molecule has 1 N–H and O–H groups in total. The second-order valence-corrected chi connectivity index (χ2v) is 5.80. The van der Waals surface area contributed by atoms with Crippen molar-refractivity contribution < 1.29 is 0 Å². The maximum atomic E-state index is 4.02. The number of rotatable bonds is 0. The summed E-state index contributed by atoms with van der Waals surface area (Å²) in [7, 11) is 0. The van der Waals surface area contributed by atoms with E-state index in [-0.39, 0.29) is 5.41 Å². The van der Waals surface area contributed by atoms with Crippen LogP contribution in [0.15, 0.2) is 24.4 Å². The summed E-state index contributed by atoms with van der Waals surface area (Å²) < 4.78 is 0. The van der Waals surface area contributed by atoms with Crippen LogP contribution in [0.4, 0.5) is 5.69 Å². The molecule has 1 heteroatoms. The van der Waals surface area contributed by atoms with Crippen molar-refractivity contribution in [1.29, 1.82) is 0 Å². The van der Waals surface area contributed by atoms with Crippen molar-refractivity contribution in [3.63, 3.8) is 0 Å². The number of benzene rings is 1. The van der Waals surface area contributed by atoms with Crippen LogP contribution in [-0.4, -0.2) is 0 Å². The number of hydrogen-bond donors (Lipinski definition) is 1. The summed E-state index contributed by atoms with van der Waals surface area (Å²) in [6.45, 7) is 13.0. The first kappa shape index (κ1) is 11.3. The zero-order valence-corrected chi connectivity index (χ0v) is 10.8. The second-order valence-electron chi connectivity index (χ2n) is 5.80. The van der Waals surface area contributed by atoms with Gasteiger partial charge in [0.2, 0.25) is 0 Å². The average Bonchev–Trinajstić information content (AvgIpc) is 2.16. The minimum Gasteiger partial charge on any atom is -0.359 e. The first-order valence-electron chi connectivity index (χ1n) is 5.97. The highest BCUT2D eigenvalue weighted by Crippen LogP contribution is 2.34. The Morgan fingerprint density at radius 2 is 1.88 bits per heavy atom. The molecule has 1 nitrogen and oxygen atoms in total. The van der Waals surface area contributed by atoms with Crippen LogP contribution in [0.3, 0.4) is 0 Å². The van der Waals surface area contributed by atoms with Gasteiger partial charge in [0.15, 0.2) is 0 Å². The summed E-state index contributed by atoms with van der Waals surface area (Å²) in [6, 6.07) is 4.63. The molecule has 0 fully saturated rings. The van der Waals surface area contributed by atoms with Crippen LogP contribution in [0, 0.1) is 6.92 Å². The van der Waals surface area contributed by atoms with Crippen molar-refractivity contribution in [1.82, 2.24) is 0 Å². The van der Waals surface area contributed by atoms with Crippen molar-refractivity contribution in [3.05, 3.63) is 41.1 Å². The van der Waals surface area contributed by atoms with Crippen LogP contribution in [0.1, 0.15) is 43.9 Å². The monoisotopic (exact) mass is 215 g/mol. The predicted octanol–water partition coefficient (Wildman–Crippen LogP) is 4.16. The Morgan fingerprint density at radius 1 is 1.19 bits per heavy atom. The highest BCUT2D eigenvalue weighted by atomic mass is 14.9. The molecule has 0 saturated heterocycles. The summed E-state index contributed by atoms with van der Waals surface area (Å²) in [5, 5.41) is 3.41. The van der Waals surface area contributed by atoms with Crippen molar-refractivity contribution in [2.75, 3.05) is 5.32 Å². The molecule has 0 bridgehead atoms. The molecule has 0 atom stereocenters. The topological polar surface area (TPSA) is 12.0 Å². The Labute approximate surface area is 98.6 Å². The lowest BCUT2D eigenvalue weighted by atomic mass is 9.82. The first-order valence-corrected chi connectivity index (χ1v) is 5.97. The number of nitrogens with one attached hydrogen (secondary N) is 1. The van der Waals surface area contributed by atoms with Gasteiger partial charge in [0.25, 0.3) is 0 Å². The Hall–Kier alpha value is -1.24. The standard InChI is InChI=1S/C15H21N/c1-10-8-12-7-6-11(2)16-14(12)9-13(10)15(3,4)5/h8-9,16H,2,6-7H2,1,3-5H3. The van der Waals surface area contributed by atoms with Gasteiger partial charge in [-0.1, -0.05) is 33.4 Å². The van der Waals surface area contributed by atoms with Crippen molar-refractivity contribution in [3.8, 4) is 0 Å². The van der Waals surface area contributed by atoms with E-state index in [1.165, 1.54) is 22.4 Å². The molecule has 1 aromatic carbocycles. The molecule has 1 aliphatic heterocycles. The third-order valence-electron chi connectivity index (χ3n) is 3.27. The lowest BCUT2D eigenvalue weighted by Crippen LogP contribution is -2.16. The summed E-state index contributed by atoms with van der Waals surface area (Å²) in [6.07, 6.45) is 2.17. The predicted molar refractivity (Wildman–Crippen MR) is 71.0 cm³/mol. The van der Waals surface area contributed by atoms with Crippen LogP contribution < -0.4 is 5.32 Å². The van der Waals surface area contributed by atoms with Gasteiger partial charge in [-0.15, -0.1) is 0 Å². The first-order chi connectivity index (χ1) is 7.38. The molecule has 1 heterocycles. The fraction of sp³-hybridized carbons (Fsp3) is 0.467.